The zero-order valence-electron chi connectivity index (χ0n) is 10.8. The van der Waals surface area contributed by atoms with E-state index in [-0.39, 0.29) is 11.9 Å². The first-order chi connectivity index (χ1) is 8.94. The molecule has 5 nitrogen and oxygen atoms in total. The minimum Gasteiger partial charge on any atom is -0.352 e. The van der Waals surface area contributed by atoms with E-state index < -0.39 is 16.1 Å². The van der Waals surface area contributed by atoms with Gasteiger partial charge in [0.05, 0.1) is 6.26 Å². The Balaban J connectivity index is 2.06. The van der Waals surface area contributed by atoms with Crippen LogP contribution in [-0.4, -0.2) is 32.7 Å². The minimum absolute atomic E-state index is 0.215. The molecule has 1 atom stereocenters. The van der Waals surface area contributed by atoms with E-state index in [1.54, 1.807) is 0 Å². The van der Waals surface area contributed by atoms with Crippen molar-refractivity contribution in [2.45, 2.75) is 31.3 Å². The predicted molar refractivity (Wildman–Crippen MR) is 73.1 cm³/mol. The third-order valence-electron chi connectivity index (χ3n) is 2.88. The Labute approximate surface area is 113 Å². The zero-order chi connectivity index (χ0) is 13.9. The fourth-order valence-corrected chi connectivity index (χ4v) is 2.53. The topological polar surface area (TPSA) is 75.3 Å². The number of hydrogen-bond donors (Lipinski definition) is 2. The highest BCUT2D eigenvalue weighted by Gasteiger charge is 2.29. The summed E-state index contributed by atoms with van der Waals surface area (Å²) in [7, 11) is -3.41. The van der Waals surface area contributed by atoms with Crippen LogP contribution in [0, 0.1) is 0 Å². The third kappa shape index (κ3) is 5.00. The standard InChI is InChI=1S/C13H18N2O3S/c1-19(17,18)15-12(13(16)14-11-7-8-11)9-10-5-3-2-4-6-10/h2-6,11-12,15H,7-9H2,1H3,(H,14,16)/t12-/m1/s1. The minimum atomic E-state index is -3.41. The van der Waals surface area contributed by atoms with Crippen LogP contribution in [0.25, 0.3) is 0 Å². The first kappa shape index (κ1) is 14.0. The van der Waals surface area contributed by atoms with Gasteiger partial charge in [0, 0.05) is 6.04 Å². The summed E-state index contributed by atoms with van der Waals surface area (Å²) in [5.74, 6) is -0.253. The van der Waals surface area contributed by atoms with E-state index in [2.05, 4.69) is 10.0 Å². The molecule has 1 aliphatic rings. The molecular weight excluding hydrogens is 264 g/mol. The number of sulfonamides is 1. The van der Waals surface area contributed by atoms with Crippen molar-refractivity contribution in [1.29, 1.82) is 0 Å². The fourth-order valence-electron chi connectivity index (χ4n) is 1.83. The summed E-state index contributed by atoms with van der Waals surface area (Å²) in [5, 5.41) is 2.83. The maximum atomic E-state index is 12.0. The number of hydrogen-bond acceptors (Lipinski definition) is 3. The van der Waals surface area contributed by atoms with Gasteiger partial charge in [-0.2, -0.15) is 0 Å². The molecule has 0 aliphatic heterocycles. The SMILES string of the molecule is CS(=O)(=O)N[C@H](Cc1ccccc1)C(=O)NC1CC1. The second kappa shape index (κ2) is 5.71. The molecule has 0 bridgehead atoms. The predicted octanol–water partition coefficient (Wildman–Crippen LogP) is 0.425. The molecule has 0 spiro atoms. The molecule has 19 heavy (non-hydrogen) atoms. The van der Waals surface area contributed by atoms with Gasteiger partial charge in [-0.15, -0.1) is 0 Å². The van der Waals surface area contributed by atoms with Gasteiger partial charge < -0.3 is 5.32 Å². The fraction of sp³-hybridized carbons (Fsp3) is 0.462. The van der Waals surface area contributed by atoms with Crippen LogP contribution in [0.15, 0.2) is 30.3 Å². The number of carbonyl (C=O) groups excluding carboxylic acids is 1. The zero-order valence-corrected chi connectivity index (χ0v) is 11.6. The second-order valence-electron chi connectivity index (χ2n) is 4.92. The maximum absolute atomic E-state index is 12.0. The summed E-state index contributed by atoms with van der Waals surface area (Å²) < 4.78 is 25.1. The van der Waals surface area contributed by atoms with E-state index in [4.69, 9.17) is 0 Å². The van der Waals surface area contributed by atoms with E-state index in [1.165, 1.54) is 0 Å². The van der Waals surface area contributed by atoms with Gasteiger partial charge >= 0.3 is 0 Å². The van der Waals surface area contributed by atoms with E-state index in [0.29, 0.717) is 6.42 Å². The lowest BCUT2D eigenvalue weighted by atomic mass is 10.1. The highest BCUT2D eigenvalue weighted by molar-refractivity contribution is 7.88. The summed E-state index contributed by atoms with van der Waals surface area (Å²) in [5.41, 5.74) is 0.926. The highest BCUT2D eigenvalue weighted by atomic mass is 32.2. The quantitative estimate of drug-likeness (QED) is 0.794. The number of rotatable bonds is 6. The van der Waals surface area contributed by atoms with Crippen molar-refractivity contribution < 1.29 is 13.2 Å². The molecule has 1 fully saturated rings. The smallest absolute Gasteiger partial charge is 0.238 e. The Hall–Kier alpha value is -1.40. The molecule has 1 amide bonds. The summed E-state index contributed by atoms with van der Waals surface area (Å²) in [6.45, 7) is 0. The normalized spacial score (nSPS) is 16.9. The summed E-state index contributed by atoms with van der Waals surface area (Å²) >= 11 is 0. The molecule has 1 saturated carbocycles. The largest absolute Gasteiger partial charge is 0.352 e. The molecule has 0 saturated heterocycles. The van der Waals surface area contributed by atoms with Gasteiger partial charge in [-0.25, -0.2) is 13.1 Å². The molecule has 2 rings (SSSR count). The molecule has 1 aromatic carbocycles. The van der Waals surface area contributed by atoms with Gasteiger partial charge in [0.15, 0.2) is 0 Å². The van der Waals surface area contributed by atoms with Crippen LogP contribution in [-0.2, 0) is 21.2 Å². The van der Waals surface area contributed by atoms with Gasteiger partial charge in [0.2, 0.25) is 15.9 Å². The average Bonchev–Trinajstić information content (AvgIpc) is 3.11. The Morgan fingerprint density at radius 1 is 1.32 bits per heavy atom. The molecule has 104 valence electrons. The lowest BCUT2D eigenvalue weighted by Crippen LogP contribution is -2.48. The van der Waals surface area contributed by atoms with Gasteiger partial charge in [-0.05, 0) is 24.8 Å². The van der Waals surface area contributed by atoms with E-state index in [1.807, 2.05) is 30.3 Å². The van der Waals surface area contributed by atoms with E-state index >= 15 is 0 Å². The molecule has 1 aliphatic carbocycles. The van der Waals surface area contributed by atoms with Crippen LogP contribution in [0.5, 0.6) is 0 Å². The van der Waals surface area contributed by atoms with Crippen LogP contribution in [0.3, 0.4) is 0 Å². The van der Waals surface area contributed by atoms with Crippen molar-refractivity contribution in [2.75, 3.05) is 6.26 Å². The summed E-state index contributed by atoms with van der Waals surface area (Å²) in [6.07, 6.45) is 3.37. The Kier molecular flexibility index (Phi) is 4.21. The number of carbonyl (C=O) groups is 1. The summed E-state index contributed by atoms with van der Waals surface area (Å²) in [4.78, 5) is 12.0. The summed E-state index contributed by atoms with van der Waals surface area (Å²) in [6, 6.07) is 8.83. The molecule has 0 aromatic heterocycles. The van der Waals surface area contributed by atoms with E-state index in [0.717, 1.165) is 24.7 Å². The van der Waals surface area contributed by atoms with Crippen LogP contribution in [0.2, 0.25) is 0 Å². The Morgan fingerprint density at radius 2 is 1.95 bits per heavy atom. The van der Waals surface area contributed by atoms with Crippen molar-refractivity contribution in [3.63, 3.8) is 0 Å². The van der Waals surface area contributed by atoms with Crippen molar-refractivity contribution in [3.8, 4) is 0 Å². The number of benzene rings is 1. The van der Waals surface area contributed by atoms with E-state index in [9.17, 15) is 13.2 Å². The Morgan fingerprint density at radius 3 is 2.47 bits per heavy atom. The van der Waals surface area contributed by atoms with Gasteiger partial charge in [0.1, 0.15) is 6.04 Å². The lowest BCUT2D eigenvalue weighted by Gasteiger charge is -2.17. The first-order valence-corrected chi connectivity index (χ1v) is 8.15. The second-order valence-corrected chi connectivity index (χ2v) is 6.70. The van der Waals surface area contributed by atoms with Crippen LogP contribution in [0.1, 0.15) is 18.4 Å². The molecule has 1 aromatic rings. The van der Waals surface area contributed by atoms with Crippen LogP contribution < -0.4 is 10.0 Å². The molecular formula is C13H18N2O3S. The highest BCUT2D eigenvalue weighted by Crippen LogP contribution is 2.19. The van der Waals surface area contributed by atoms with Crippen molar-refractivity contribution in [1.82, 2.24) is 10.0 Å². The van der Waals surface area contributed by atoms with Crippen molar-refractivity contribution in [2.24, 2.45) is 0 Å². The monoisotopic (exact) mass is 282 g/mol. The Bertz CT molecular complexity index is 538. The van der Waals surface area contributed by atoms with Crippen LogP contribution >= 0.6 is 0 Å². The molecule has 0 heterocycles. The molecule has 0 unspecified atom stereocenters. The molecule has 0 radical (unpaired) electrons. The maximum Gasteiger partial charge on any atom is 0.238 e. The van der Waals surface area contributed by atoms with Crippen molar-refractivity contribution >= 4 is 15.9 Å². The first-order valence-electron chi connectivity index (χ1n) is 6.25. The third-order valence-corrected chi connectivity index (χ3v) is 3.59. The van der Waals surface area contributed by atoms with Gasteiger partial charge in [-0.1, -0.05) is 30.3 Å². The average molecular weight is 282 g/mol. The number of nitrogens with one attached hydrogen (secondary N) is 2. The number of amides is 1. The van der Waals surface area contributed by atoms with Crippen molar-refractivity contribution in [3.05, 3.63) is 35.9 Å². The molecule has 6 heteroatoms. The van der Waals surface area contributed by atoms with Gasteiger partial charge in [-0.3, -0.25) is 4.79 Å². The lowest BCUT2D eigenvalue weighted by molar-refractivity contribution is -0.122. The molecule has 2 N–H and O–H groups in total. The van der Waals surface area contributed by atoms with Crippen LogP contribution in [0.4, 0.5) is 0 Å². The van der Waals surface area contributed by atoms with Gasteiger partial charge in [0.25, 0.3) is 0 Å².